The van der Waals surface area contributed by atoms with E-state index in [0.717, 1.165) is 44.1 Å². The highest BCUT2D eigenvalue weighted by molar-refractivity contribution is 6.06. The fourth-order valence-corrected chi connectivity index (χ4v) is 9.94. The molecule has 1 aromatic carbocycles. The molecule has 0 unspecified atom stereocenters. The predicted octanol–water partition coefficient (Wildman–Crippen LogP) is 5.70. The third-order valence-electron chi connectivity index (χ3n) is 11.4. The zero-order valence-electron chi connectivity index (χ0n) is 22.0. The Morgan fingerprint density at radius 3 is 2.44 bits per heavy atom. The highest BCUT2D eigenvalue weighted by Crippen LogP contribution is 2.74. The maximum Gasteiger partial charge on any atom is 0.309 e. The maximum absolute atomic E-state index is 14.2. The van der Waals surface area contributed by atoms with Crippen molar-refractivity contribution in [2.75, 3.05) is 0 Å². The molecule has 2 bridgehead atoms. The molecule has 4 fully saturated rings. The Labute approximate surface area is 214 Å². The van der Waals surface area contributed by atoms with Crippen LogP contribution in [0.1, 0.15) is 71.8 Å². The van der Waals surface area contributed by atoms with Gasteiger partial charge in [-0.25, -0.2) is 0 Å². The first-order valence-corrected chi connectivity index (χ1v) is 13.9. The Balaban J connectivity index is 1.45. The zero-order chi connectivity index (χ0) is 25.6. The second-order valence-corrected chi connectivity index (χ2v) is 13.2. The molecule has 7 rings (SSSR count). The van der Waals surface area contributed by atoms with Gasteiger partial charge in [-0.1, -0.05) is 69.2 Å². The van der Waals surface area contributed by atoms with E-state index in [-0.39, 0.29) is 52.2 Å². The van der Waals surface area contributed by atoms with Crippen molar-refractivity contribution in [1.82, 2.24) is 4.90 Å². The molecule has 1 aromatic rings. The number of allylic oxidation sites excluding steroid dienone is 2. The molecule has 5 aliphatic carbocycles. The molecular formula is C31H39NO4. The summed E-state index contributed by atoms with van der Waals surface area (Å²) in [6.07, 6.45) is 7.63. The lowest BCUT2D eigenvalue weighted by Gasteiger charge is -2.68. The van der Waals surface area contributed by atoms with E-state index in [2.05, 4.69) is 26.8 Å². The number of benzene rings is 1. The number of carbonyl (C=O) groups excluding carboxylic acids is 2. The summed E-state index contributed by atoms with van der Waals surface area (Å²) >= 11 is 0. The van der Waals surface area contributed by atoms with E-state index in [9.17, 15) is 19.5 Å². The molecule has 5 nitrogen and oxygen atoms in total. The van der Waals surface area contributed by atoms with Crippen LogP contribution in [0.3, 0.4) is 0 Å². The molecule has 1 N–H and O–H groups in total. The lowest BCUT2D eigenvalue weighted by atomic mass is 9.34. The molecule has 1 saturated heterocycles. The molecule has 8 atom stereocenters. The third-order valence-corrected chi connectivity index (χ3v) is 11.4. The van der Waals surface area contributed by atoms with Gasteiger partial charge in [0.05, 0.1) is 23.8 Å². The van der Waals surface area contributed by atoms with Gasteiger partial charge in [-0.2, -0.15) is 0 Å². The van der Waals surface area contributed by atoms with E-state index in [0.29, 0.717) is 12.5 Å². The molecule has 1 heterocycles. The van der Waals surface area contributed by atoms with Crippen molar-refractivity contribution >= 4 is 17.8 Å². The summed E-state index contributed by atoms with van der Waals surface area (Å²) in [6.45, 7) is 9.05. The van der Waals surface area contributed by atoms with Gasteiger partial charge < -0.3 is 5.11 Å². The van der Waals surface area contributed by atoms with Gasteiger partial charge in [0.2, 0.25) is 11.8 Å². The number of rotatable bonds is 4. The van der Waals surface area contributed by atoms with Crippen molar-refractivity contribution in [1.29, 1.82) is 0 Å². The smallest absolute Gasteiger partial charge is 0.309 e. The maximum atomic E-state index is 14.2. The number of hydrogen-bond donors (Lipinski definition) is 1. The van der Waals surface area contributed by atoms with Gasteiger partial charge in [-0.05, 0) is 73.7 Å². The van der Waals surface area contributed by atoms with Gasteiger partial charge in [0.1, 0.15) is 0 Å². The summed E-state index contributed by atoms with van der Waals surface area (Å²) in [5.41, 5.74) is 1.14. The first kappa shape index (κ1) is 23.9. The number of carboxylic acid groups (broad SMARTS) is 1. The lowest BCUT2D eigenvalue weighted by Crippen LogP contribution is -2.65. The Morgan fingerprint density at radius 1 is 1.06 bits per heavy atom. The molecule has 36 heavy (non-hydrogen) atoms. The largest absolute Gasteiger partial charge is 0.481 e. The van der Waals surface area contributed by atoms with E-state index in [1.165, 1.54) is 5.57 Å². The Morgan fingerprint density at radius 2 is 1.78 bits per heavy atom. The van der Waals surface area contributed by atoms with Crippen molar-refractivity contribution in [3.63, 3.8) is 0 Å². The molecule has 5 heteroatoms. The summed E-state index contributed by atoms with van der Waals surface area (Å²) in [7, 11) is 0. The van der Waals surface area contributed by atoms with Crippen LogP contribution in [0.4, 0.5) is 0 Å². The third kappa shape index (κ3) is 2.92. The van der Waals surface area contributed by atoms with Crippen molar-refractivity contribution in [3.8, 4) is 0 Å². The van der Waals surface area contributed by atoms with Crippen LogP contribution < -0.4 is 0 Å². The number of amides is 2. The Kier molecular flexibility index (Phi) is 5.18. The van der Waals surface area contributed by atoms with Crippen molar-refractivity contribution in [2.24, 2.45) is 51.8 Å². The zero-order valence-corrected chi connectivity index (χ0v) is 22.0. The highest BCUT2D eigenvalue weighted by Gasteiger charge is 2.73. The Bertz CT molecular complexity index is 1160. The molecule has 0 radical (unpaired) electrons. The highest BCUT2D eigenvalue weighted by atomic mass is 16.4. The number of carboxylic acids is 1. The minimum Gasteiger partial charge on any atom is -0.481 e. The van der Waals surface area contributed by atoms with Crippen LogP contribution in [0.25, 0.3) is 0 Å². The quantitative estimate of drug-likeness (QED) is 0.435. The van der Waals surface area contributed by atoms with E-state index in [1.807, 2.05) is 37.3 Å². The summed E-state index contributed by atoms with van der Waals surface area (Å²) in [5, 5.41) is 10.3. The van der Waals surface area contributed by atoms with E-state index < -0.39 is 11.4 Å². The lowest BCUT2D eigenvalue weighted by molar-refractivity contribution is -0.194. The van der Waals surface area contributed by atoms with Crippen LogP contribution in [-0.2, 0) is 20.9 Å². The number of imide groups is 1. The first-order chi connectivity index (χ1) is 17.0. The molecule has 2 amide bonds. The monoisotopic (exact) mass is 489 g/mol. The normalized spacial score (nSPS) is 43.2. The van der Waals surface area contributed by atoms with Crippen LogP contribution >= 0.6 is 0 Å². The number of nitrogens with zero attached hydrogens (tertiary/aromatic N) is 1. The van der Waals surface area contributed by atoms with E-state index in [4.69, 9.17) is 0 Å². The van der Waals surface area contributed by atoms with Crippen LogP contribution in [0.5, 0.6) is 0 Å². The van der Waals surface area contributed by atoms with Gasteiger partial charge in [0, 0.05) is 5.41 Å². The minimum absolute atomic E-state index is 0.00136. The number of fused-ring (bicyclic) bond motifs is 1. The first-order valence-electron chi connectivity index (χ1n) is 13.9. The minimum atomic E-state index is -0.718. The van der Waals surface area contributed by atoms with Crippen LogP contribution in [-0.4, -0.2) is 27.8 Å². The SMILES string of the molecule is CC(C)C1=C[C@@]23CC[C@H]4[C@](C)(CCC[C@@]4(C)C(=O)O)[C@@H]2C[C@H]1[C@@H]1C(=O)N(Cc2ccccc2)C(=O)[C@@H]13. The fraction of sp³-hybridized carbons (Fsp3) is 0.645. The molecule has 1 spiro atoms. The molecular weight excluding hydrogens is 450 g/mol. The number of aliphatic carboxylic acids is 1. The van der Waals surface area contributed by atoms with E-state index in [1.54, 1.807) is 4.90 Å². The van der Waals surface area contributed by atoms with Gasteiger partial charge in [0.25, 0.3) is 0 Å². The molecule has 192 valence electrons. The van der Waals surface area contributed by atoms with Gasteiger partial charge in [-0.15, -0.1) is 0 Å². The van der Waals surface area contributed by atoms with Crippen LogP contribution in [0.2, 0.25) is 0 Å². The van der Waals surface area contributed by atoms with Crippen molar-refractivity contribution in [2.45, 2.75) is 72.8 Å². The summed E-state index contributed by atoms with van der Waals surface area (Å²) in [5.74, 6) is -0.486. The van der Waals surface area contributed by atoms with E-state index >= 15 is 0 Å². The van der Waals surface area contributed by atoms with Gasteiger partial charge >= 0.3 is 5.97 Å². The molecule has 0 aromatic heterocycles. The van der Waals surface area contributed by atoms with Crippen LogP contribution in [0.15, 0.2) is 42.0 Å². The molecule has 6 aliphatic rings. The fourth-order valence-electron chi connectivity index (χ4n) is 9.94. The van der Waals surface area contributed by atoms with Crippen LogP contribution in [0, 0.1) is 51.8 Å². The summed E-state index contributed by atoms with van der Waals surface area (Å²) in [6, 6.07) is 9.82. The van der Waals surface area contributed by atoms with Gasteiger partial charge in [-0.3, -0.25) is 19.3 Å². The van der Waals surface area contributed by atoms with Crippen molar-refractivity contribution < 1.29 is 19.5 Å². The second kappa shape index (κ2) is 7.79. The number of carbonyl (C=O) groups is 3. The van der Waals surface area contributed by atoms with Gasteiger partial charge in [0.15, 0.2) is 0 Å². The Hall–Kier alpha value is -2.43. The average Bonchev–Trinajstić information content (AvgIpc) is 3.11. The topological polar surface area (TPSA) is 74.7 Å². The number of likely N-dealkylation sites (tertiary alicyclic amines) is 1. The standard InChI is InChI=1S/C31H39NO4/c1-18(2)21-16-31-14-11-22-29(3,12-8-13-30(22,4)28(35)36)23(31)15-20(21)24-25(31)27(34)32(26(24)33)17-19-9-6-5-7-10-19/h5-7,9-10,16,18,20,22-25H,8,11-15,17H2,1-4H3,(H,35,36)/t20-,22+,23+,24+,25-,29+,30-,31+/m1/s1. The molecule has 1 aliphatic heterocycles. The molecule has 3 saturated carbocycles. The summed E-state index contributed by atoms with van der Waals surface area (Å²) < 4.78 is 0. The average molecular weight is 490 g/mol. The van der Waals surface area contributed by atoms with Crippen molar-refractivity contribution in [3.05, 3.63) is 47.5 Å². The predicted molar refractivity (Wildman–Crippen MR) is 136 cm³/mol. The second-order valence-electron chi connectivity index (χ2n) is 13.2. The number of hydrogen-bond acceptors (Lipinski definition) is 3. The summed E-state index contributed by atoms with van der Waals surface area (Å²) in [4.78, 5) is 42.2.